The van der Waals surface area contributed by atoms with E-state index in [9.17, 15) is 0 Å². The van der Waals surface area contributed by atoms with Crippen molar-refractivity contribution in [3.63, 3.8) is 0 Å². The van der Waals surface area contributed by atoms with Gasteiger partial charge in [0.25, 0.3) is 0 Å². The maximum Gasteiger partial charge on any atom is 0.125 e. The normalized spacial score (nSPS) is 15.6. The third-order valence-electron chi connectivity index (χ3n) is 2.59. The van der Waals surface area contributed by atoms with Crippen molar-refractivity contribution in [1.29, 1.82) is 0 Å². The smallest absolute Gasteiger partial charge is 0.125 e. The molecule has 0 radical (unpaired) electrons. The lowest BCUT2D eigenvalue weighted by Crippen LogP contribution is -2.02. The van der Waals surface area contributed by atoms with Crippen molar-refractivity contribution in [2.24, 2.45) is 5.92 Å². The van der Waals surface area contributed by atoms with Gasteiger partial charge in [0.1, 0.15) is 5.75 Å². The van der Waals surface area contributed by atoms with E-state index < -0.39 is 0 Å². The van der Waals surface area contributed by atoms with E-state index in [1.165, 1.54) is 27.5 Å². The van der Waals surface area contributed by atoms with Gasteiger partial charge in [0.05, 0.1) is 6.61 Å². The predicted octanol–water partition coefficient (Wildman–Crippen LogP) is 3.70. The molecule has 0 amide bonds. The highest BCUT2D eigenvalue weighted by Crippen LogP contribution is 2.32. The molecule has 1 saturated carbocycles. The predicted molar refractivity (Wildman–Crippen MR) is 66.9 cm³/mol. The summed E-state index contributed by atoms with van der Waals surface area (Å²) in [6, 6.07) is 4.35. The maximum atomic E-state index is 5.84. The molecule has 0 aromatic heterocycles. The number of benzene rings is 1. The second-order valence-corrected chi connectivity index (χ2v) is 5.37. The maximum absolute atomic E-state index is 5.84. The van der Waals surface area contributed by atoms with Gasteiger partial charge in [-0.25, -0.2) is 0 Å². The van der Waals surface area contributed by atoms with E-state index in [1.807, 2.05) is 0 Å². The molecule has 2 heteroatoms. The second kappa shape index (κ2) is 4.09. The zero-order chi connectivity index (χ0) is 10.1. The molecule has 14 heavy (non-hydrogen) atoms. The number of hydrogen-bond donors (Lipinski definition) is 0. The Hall–Kier alpha value is -0.250. The molecule has 1 aromatic carbocycles. The van der Waals surface area contributed by atoms with Crippen LogP contribution in [0.3, 0.4) is 0 Å². The fourth-order valence-electron chi connectivity index (χ4n) is 1.61. The Kier molecular flexibility index (Phi) is 3.00. The highest BCUT2D eigenvalue weighted by atomic mass is 127. The highest BCUT2D eigenvalue weighted by molar-refractivity contribution is 14.1. The molecule has 0 spiro atoms. The molecule has 0 N–H and O–H groups in total. The summed E-state index contributed by atoms with van der Waals surface area (Å²) < 4.78 is 7.13. The van der Waals surface area contributed by atoms with Gasteiger partial charge in [0.15, 0.2) is 0 Å². The average Bonchev–Trinajstić information content (AvgIpc) is 2.85. The molecule has 0 unspecified atom stereocenters. The summed E-state index contributed by atoms with van der Waals surface area (Å²) in [5.41, 5.74) is 2.52. The molecule has 76 valence electrons. The Morgan fingerprint density at radius 2 is 1.86 bits per heavy atom. The van der Waals surface area contributed by atoms with Gasteiger partial charge in [-0.3, -0.25) is 0 Å². The van der Waals surface area contributed by atoms with Gasteiger partial charge in [-0.05, 0) is 78.5 Å². The van der Waals surface area contributed by atoms with Crippen LogP contribution in [0.25, 0.3) is 0 Å². The average molecular weight is 302 g/mol. The standard InChI is InChI=1S/C12H15IO/c1-8-5-11(13)6-9(2)12(8)14-7-10-3-4-10/h5-6,10H,3-4,7H2,1-2H3. The SMILES string of the molecule is Cc1cc(I)cc(C)c1OCC1CC1. The summed E-state index contributed by atoms with van der Waals surface area (Å²) in [4.78, 5) is 0. The van der Waals surface area contributed by atoms with Gasteiger partial charge < -0.3 is 4.74 Å². The van der Waals surface area contributed by atoms with Crippen LogP contribution in [0.4, 0.5) is 0 Å². The topological polar surface area (TPSA) is 9.23 Å². The Morgan fingerprint density at radius 3 is 2.36 bits per heavy atom. The van der Waals surface area contributed by atoms with Crippen molar-refractivity contribution in [3.05, 3.63) is 26.8 Å². The van der Waals surface area contributed by atoms with Gasteiger partial charge >= 0.3 is 0 Å². The van der Waals surface area contributed by atoms with E-state index in [0.29, 0.717) is 0 Å². The van der Waals surface area contributed by atoms with Crippen LogP contribution < -0.4 is 4.74 Å². The quantitative estimate of drug-likeness (QED) is 0.774. The summed E-state index contributed by atoms with van der Waals surface area (Å²) >= 11 is 2.35. The van der Waals surface area contributed by atoms with E-state index in [0.717, 1.165) is 18.3 Å². The minimum Gasteiger partial charge on any atom is -0.493 e. The van der Waals surface area contributed by atoms with Crippen LogP contribution in [0.1, 0.15) is 24.0 Å². The van der Waals surface area contributed by atoms with Crippen molar-refractivity contribution in [1.82, 2.24) is 0 Å². The molecule has 1 aliphatic rings. The van der Waals surface area contributed by atoms with Crippen molar-refractivity contribution >= 4 is 22.6 Å². The first-order chi connectivity index (χ1) is 6.66. The van der Waals surface area contributed by atoms with Crippen LogP contribution in [-0.2, 0) is 0 Å². The Balaban J connectivity index is 2.13. The van der Waals surface area contributed by atoms with E-state index in [1.54, 1.807) is 0 Å². The van der Waals surface area contributed by atoms with E-state index in [4.69, 9.17) is 4.74 Å². The second-order valence-electron chi connectivity index (χ2n) is 4.12. The zero-order valence-corrected chi connectivity index (χ0v) is 10.8. The van der Waals surface area contributed by atoms with Gasteiger partial charge in [-0.2, -0.15) is 0 Å². The Bertz CT molecular complexity index is 319. The van der Waals surface area contributed by atoms with Gasteiger partial charge in [0, 0.05) is 3.57 Å². The van der Waals surface area contributed by atoms with Gasteiger partial charge in [0.2, 0.25) is 0 Å². The molecule has 0 aliphatic heterocycles. The Morgan fingerprint density at radius 1 is 1.29 bits per heavy atom. The first kappa shape index (κ1) is 10.3. The number of rotatable bonds is 3. The minimum atomic E-state index is 0.827. The van der Waals surface area contributed by atoms with Gasteiger partial charge in [-0.15, -0.1) is 0 Å². The lowest BCUT2D eigenvalue weighted by molar-refractivity contribution is 0.296. The lowest BCUT2D eigenvalue weighted by Gasteiger charge is -2.12. The van der Waals surface area contributed by atoms with Crippen molar-refractivity contribution in [2.45, 2.75) is 26.7 Å². The Labute approximate surface area is 99.0 Å². The molecule has 0 bridgehead atoms. The third-order valence-corrected chi connectivity index (χ3v) is 3.21. The summed E-state index contributed by atoms with van der Waals surface area (Å²) in [7, 11) is 0. The van der Waals surface area contributed by atoms with E-state index in [-0.39, 0.29) is 0 Å². The highest BCUT2D eigenvalue weighted by Gasteiger charge is 2.22. The fraction of sp³-hybridized carbons (Fsp3) is 0.500. The molecule has 1 fully saturated rings. The molecule has 0 saturated heterocycles. The van der Waals surface area contributed by atoms with Crippen LogP contribution in [0.5, 0.6) is 5.75 Å². The molecule has 1 aliphatic carbocycles. The summed E-state index contributed by atoms with van der Waals surface area (Å²) in [5, 5.41) is 0. The number of aryl methyl sites for hydroxylation is 2. The lowest BCUT2D eigenvalue weighted by atomic mass is 10.1. The van der Waals surface area contributed by atoms with Crippen molar-refractivity contribution in [2.75, 3.05) is 6.61 Å². The van der Waals surface area contributed by atoms with E-state index in [2.05, 4.69) is 48.6 Å². The first-order valence-corrected chi connectivity index (χ1v) is 6.14. The van der Waals surface area contributed by atoms with Crippen LogP contribution in [-0.4, -0.2) is 6.61 Å². The van der Waals surface area contributed by atoms with Crippen LogP contribution >= 0.6 is 22.6 Å². The van der Waals surface area contributed by atoms with E-state index >= 15 is 0 Å². The molecule has 1 nitrogen and oxygen atoms in total. The monoisotopic (exact) mass is 302 g/mol. The zero-order valence-electron chi connectivity index (χ0n) is 8.64. The third kappa shape index (κ3) is 2.41. The molecular formula is C12H15IO. The van der Waals surface area contributed by atoms with Crippen LogP contribution in [0.15, 0.2) is 12.1 Å². The number of hydrogen-bond acceptors (Lipinski definition) is 1. The molecule has 0 atom stereocenters. The number of halogens is 1. The molecule has 0 heterocycles. The van der Waals surface area contributed by atoms with Crippen molar-refractivity contribution < 1.29 is 4.74 Å². The minimum absolute atomic E-state index is 0.827. The van der Waals surface area contributed by atoms with Gasteiger partial charge in [-0.1, -0.05) is 0 Å². The van der Waals surface area contributed by atoms with Crippen molar-refractivity contribution in [3.8, 4) is 5.75 Å². The summed E-state index contributed by atoms with van der Waals surface area (Å²) in [5.74, 6) is 1.92. The van der Waals surface area contributed by atoms with Crippen LogP contribution in [0, 0.1) is 23.3 Å². The molecular weight excluding hydrogens is 287 g/mol. The first-order valence-electron chi connectivity index (χ1n) is 5.06. The summed E-state index contributed by atoms with van der Waals surface area (Å²) in [6.45, 7) is 5.15. The molecule has 1 aromatic rings. The van der Waals surface area contributed by atoms with Crippen LogP contribution in [0.2, 0.25) is 0 Å². The summed E-state index contributed by atoms with van der Waals surface area (Å²) in [6.07, 6.45) is 2.70. The molecule has 2 rings (SSSR count). The largest absolute Gasteiger partial charge is 0.493 e. The fourth-order valence-corrected chi connectivity index (χ4v) is 2.55. The number of ether oxygens (including phenoxy) is 1.